The van der Waals surface area contributed by atoms with Gasteiger partial charge in [-0.3, -0.25) is 0 Å². The van der Waals surface area contributed by atoms with Gasteiger partial charge in [0.1, 0.15) is 0 Å². The standard InChI is InChI=1S/C6H12O.BrH.Mg/c1-5(7)6(2,3)4;;/h7H,1H2,2-4H3;1H;/q;;+2/p-2. The van der Waals surface area contributed by atoms with Crippen LogP contribution in [0.5, 0.6) is 0 Å². The van der Waals surface area contributed by atoms with Crippen molar-refractivity contribution in [1.82, 2.24) is 0 Å². The largest absolute Gasteiger partial charge is 2.00 e. The molecule has 0 aliphatic rings. The molecule has 0 aromatic heterocycles. The van der Waals surface area contributed by atoms with Gasteiger partial charge >= 0.3 is 23.1 Å². The molecule has 9 heavy (non-hydrogen) atoms. The fourth-order valence-electron chi connectivity index (χ4n) is 0. The minimum absolute atomic E-state index is 0. The average molecular weight is 203 g/mol. The van der Waals surface area contributed by atoms with Gasteiger partial charge in [-0.05, 0) is 5.41 Å². The van der Waals surface area contributed by atoms with Gasteiger partial charge in [0.05, 0.1) is 0 Å². The maximum Gasteiger partial charge on any atom is 2.00 e. The van der Waals surface area contributed by atoms with Crippen molar-refractivity contribution in [2.45, 2.75) is 20.8 Å². The van der Waals surface area contributed by atoms with Crippen LogP contribution in [0.3, 0.4) is 0 Å². The second kappa shape index (κ2) is 5.56. The van der Waals surface area contributed by atoms with Crippen LogP contribution in [0.1, 0.15) is 20.8 Å². The number of rotatable bonds is 0. The maximum atomic E-state index is 10.4. The van der Waals surface area contributed by atoms with Crippen LogP contribution in [0.4, 0.5) is 0 Å². The van der Waals surface area contributed by atoms with Gasteiger partial charge in [0, 0.05) is 0 Å². The Morgan fingerprint density at radius 1 is 1.33 bits per heavy atom. The second-order valence-corrected chi connectivity index (χ2v) is 2.67. The van der Waals surface area contributed by atoms with E-state index in [4.69, 9.17) is 0 Å². The molecule has 1 nitrogen and oxygen atoms in total. The summed E-state index contributed by atoms with van der Waals surface area (Å²) in [5.41, 5.74) is -0.250. The van der Waals surface area contributed by atoms with Crippen molar-refractivity contribution in [3.63, 3.8) is 0 Å². The first-order valence-electron chi connectivity index (χ1n) is 2.31. The maximum absolute atomic E-state index is 10.4. The smallest absolute Gasteiger partial charge is 1.00 e. The van der Waals surface area contributed by atoms with Gasteiger partial charge in [-0.25, -0.2) is 0 Å². The van der Waals surface area contributed by atoms with Gasteiger partial charge in [0.25, 0.3) is 0 Å². The van der Waals surface area contributed by atoms with Gasteiger partial charge in [-0.15, -0.1) is 12.3 Å². The van der Waals surface area contributed by atoms with E-state index in [9.17, 15) is 5.11 Å². The van der Waals surface area contributed by atoms with E-state index in [1.165, 1.54) is 0 Å². The zero-order valence-corrected chi connectivity index (χ0v) is 9.20. The van der Waals surface area contributed by atoms with E-state index >= 15 is 0 Å². The zero-order chi connectivity index (χ0) is 6.08. The number of hydrogen-bond acceptors (Lipinski definition) is 1. The monoisotopic (exact) mass is 202 g/mol. The van der Waals surface area contributed by atoms with Crippen molar-refractivity contribution >= 4 is 23.1 Å². The predicted octanol–water partition coefficient (Wildman–Crippen LogP) is -2.47. The van der Waals surface area contributed by atoms with Crippen molar-refractivity contribution in [1.29, 1.82) is 0 Å². The minimum Gasteiger partial charge on any atom is -1.00 e. The molecule has 0 N–H and O–H groups in total. The summed E-state index contributed by atoms with van der Waals surface area (Å²) in [7, 11) is 0. The summed E-state index contributed by atoms with van der Waals surface area (Å²) in [5.74, 6) is -0.00694. The molecule has 0 bridgehead atoms. The molecule has 3 heteroatoms. The van der Waals surface area contributed by atoms with E-state index in [0.29, 0.717) is 0 Å². The van der Waals surface area contributed by atoms with Crippen LogP contribution in [-0.4, -0.2) is 23.1 Å². The number of halogens is 1. The Kier molecular flexibility index (Phi) is 10.1. The first-order valence-corrected chi connectivity index (χ1v) is 2.31. The van der Waals surface area contributed by atoms with Gasteiger partial charge in [0.2, 0.25) is 0 Å². The van der Waals surface area contributed by atoms with Crippen molar-refractivity contribution in [2.24, 2.45) is 5.41 Å². The Hall–Kier alpha value is 0.786. The summed E-state index contributed by atoms with van der Waals surface area (Å²) in [5, 5.41) is 10.4. The summed E-state index contributed by atoms with van der Waals surface area (Å²) in [4.78, 5) is 0. The zero-order valence-electron chi connectivity index (χ0n) is 6.20. The summed E-state index contributed by atoms with van der Waals surface area (Å²) < 4.78 is 0. The third-order valence-electron chi connectivity index (χ3n) is 0.837. The molecule has 0 heterocycles. The molecule has 0 aliphatic heterocycles. The Morgan fingerprint density at radius 2 is 1.44 bits per heavy atom. The molecule has 0 rings (SSSR count). The molecule has 50 valence electrons. The van der Waals surface area contributed by atoms with Gasteiger partial charge in [0.15, 0.2) is 0 Å². The van der Waals surface area contributed by atoms with Crippen LogP contribution in [0, 0.1) is 5.41 Å². The summed E-state index contributed by atoms with van der Waals surface area (Å²) in [6.07, 6.45) is 0. The van der Waals surface area contributed by atoms with E-state index in [1.807, 2.05) is 20.8 Å². The fraction of sp³-hybridized carbons (Fsp3) is 0.667. The summed E-state index contributed by atoms with van der Waals surface area (Å²) in [6, 6.07) is 0. The van der Waals surface area contributed by atoms with Gasteiger partial charge < -0.3 is 22.1 Å². The Morgan fingerprint density at radius 3 is 1.44 bits per heavy atom. The van der Waals surface area contributed by atoms with Crippen molar-refractivity contribution < 1.29 is 22.1 Å². The molecule has 0 amide bonds. The van der Waals surface area contributed by atoms with Crippen LogP contribution in [-0.2, 0) is 0 Å². The Labute approximate surface area is 83.5 Å². The van der Waals surface area contributed by atoms with Gasteiger partial charge in [-0.2, -0.15) is 0 Å². The first-order chi connectivity index (χ1) is 2.94. The fourth-order valence-corrected chi connectivity index (χ4v) is 0. The molecule has 0 unspecified atom stereocenters. The SMILES string of the molecule is C=C([O-])C(C)(C)C.[Br-].[Mg+2]. The molecule has 0 aromatic rings. The molecule has 0 aliphatic carbocycles. The van der Waals surface area contributed by atoms with Crippen LogP contribution in [0.15, 0.2) is 12.3 Å². The molecule has 0 atom stereocenters. The summed E-state index contributed by atoms with van der Waals surface area (Å²) in [6.45, 7) is 8.82. The van der Waals surface area contributed by atoms with Crippen molar-refractivity contribution in [2.75, 3.05) is 0 Å². The third kappa shape index (κ3) is 8.79. The molecule has 0 fully saturated rings. The van der Waals surface area contributed by atoms with Crippen LogP contribution >= 0.6 is 0 Å². The molecule has 0 radical (unpaired) electrons. The average Bonchev–Trinajstić information content (AvgIpc) is 1.31. The van der Waals surface area contributed by atoms with Gasteiger partial charge in [-0.1, -0.05) is 20.8 Å². The molecular formula is C6H11BrMgO. The van der Waals surface area contributed by atoms with Crippen LogP contribution in [0.2, 0.25) is 0 Å². The normalized spacial score (nSPS) is 8.78. The molecular weight excluding hydrogens is 192 g/mol. The predicted molar refractivity (Wildman–Crippen MR) is 34.3 cm³/mol. The van der Waals surface area contributed by atoms with E-state index in [1.54, 1.807) is 0 Å². The minimum atomic E-state index is -0.250. The van der Waals surface area contributed by atoms with Crippen LogP contribution in [0.25, 0.3) is 0 Å². The van der Waals surface area contributed by atoms with E-state index in [0.717, 1.165) is 0 Å². The first kappa shape index (κ1) is 16.4. The molecule has 0 aromatic carbocycles. The topological polar surface area (TPSA) is 23.1 Å². The number of hydrogen-bond donors (Lipinski definition) is 0. The van der Waals surface area contributed by atoms with E-state index in [-0.39, 0.29) is 51.2 Å². The Bertz CT molecular complexity index is 85.5. The van der Waals surface area contributed by atoms with Crippen molar-refractivity contribution in [3.05, 3.63) is 12.3 Å². The van der Waals surface area contributed by atoms with E-state index in [2.05, 4.69) is 6.58 Å². The number of allylic oxidation sites excluding steroid dienone is 1. The van der Waals surface area contributed by atoms with E-state index < -0.39 is 0 Å². The summed E-state index contributed by atoms with van der Waals surface area (Å²) >= 11 is 0. The van der Waals surface area contributed by atoms with Crippen LogP contribution < -0.4 is 22.1 Å². The third-order valence-corrected chi connectivity index (χ3v) is 0.837. The van der Waals surface area contributed by atoms with Crippen molar-refractivity contribution in [3.8, 4) is 0 Å². The molecule has 0 saturated heterocycles. The molecule has 0 spiro atoms. The second-order valence-electron chi connectivity index (χ2n) is 2.67. The Balaban J connectivity index is -0.000000180. The molecule has 0 saturated carbocycles. The quantitative estimate of drug-likeness (QED) is 0.316.